The number of nitrogens with one attached hydrogen (secondary N) is 1. The molecular weight excluding hydrogens is 384 g/mol. The minimum absolute atomic E-state index is 0.0396. The molecule has 0 aromatic heterocycles. The van der Waals surface area contributed by atoms with E-state index >= 15 is 0 Å². The third-order valence-electron chi connectivity index (χ3n) is 3.66. The van der Waals surface area contributed by atoms with Gasteiger partial charge in [-0.05, 0) is 61.5 Å². The van der Waals surface area contributed by atoms with Crippen LogP contribution in [0.4, 0.5) is 0 Å². The molecule has 1 heterocycles. The summed E-state index contributed by atoms with van der Waals surface area (Å²) in [5.41, 5.74) is 1.75. The fourth-order valence-corrected chi connectivity index (χ4v) is 4.31. The van der Waals surface area contributed by atoms with Crippen LogP contribution >= 0.6 is 11.8 Å². The molecular formula is C19H18N2O4S2. The summed E-state index contributed by atoms with van der Waals surface area (Å²) in [6, 6.07) is 13.7. The first-order valence-corrected chi connectivity index (χ1v) is 10.5. The lowest BCUT2D eigenvalue weighted by atomic mass is 10.2. The molecule has 140 valence electrons. The molecule has 1 N–H and O–H groups in total. The van der Waals surface area contributed by atoms with Crippen molar-refractivity contribution in [1.82, 2.24) is 5.32 Å². The molecule has 0 spiro atoms. The average Bonchev–Trinajstić information content (AvgIpc) is 2.95. The fourth-order valence-electron chi connectivity index (χ4n) is 2.32. The Labute approximate surface area is 162 Å². The monoisotopic (exact) mass is 402 g/mol. The highest BCUT2D eigenvalue weighted by Crippen LogP contribution is 2.28. The first kappa shape index (κ1) is 19.2. The lowest BCUT2D eigenvalue weighted by Gasteiger charge is -2.02. The number of benzene rings is 2. The second-order valence-corrected chi connectivity index (χ2v) is 8.39. The van der Waals surface area contributed by atoms with E-state index in [1.54, 1.807) is 18.2 Å². The predicted molar refractivity (Wildman–Crippen MR) is 107 cm³/mol. The Kier molecular flexibility index (Phi) is 5.67. The van der Waals surface area contributed by atoms with Crippen LogP contribution in [0.3, 0.4) is 0 Å². The first-order chi connectivity index (χ1) is 12.9. The Bertz CT molecular complexity index is 1010. The molecule has 1 aliphatic rings. The fraction of sp³-hybridized carbons (Fsp3) is 0.158. The number of amides is 1. The Balaban J connectivity index is 1.80. The number of rotatable bonds is 5. The van der Waals surface area contributed by atoms with Gasteiger partial charge in [-0.3, -0.25) is 10.1 Å². The Morgan fingerprint density at radius 1 is 1.11 bits per heavy atom. The molecule has 2 aromatic rings. The second-order valence-electron chi connectivity index (χ2n) is 5.75. The van der Waals surface area contributed by atoms with Crippen LogP contribution in [0.5, 0.6) is 5.75 Å². The highest BCUT2D eigenvalue weighted by atomic mass is 32.2. The number of amidine groups is 1. The van der Waals surface area contributed by atoms with Gasteiger partial charge in [0.25, 0.3) is 15.9 Å². The van der Waals surface area contributed by atoms with Crippen molar-refractivity contribution in [2.75, 3.05) is 6.61 Å². The zero-order valence-electron chi connectivity index (χ0n) is 14.8. The predicted octanol–water partition coefficient (Wildman–Crippen LogP) is 3.34. The molecule has 0 saturated carbocycles. The SMILES string of the molecule is CCOc1ccc(C=C2S/C(=N\S(=O)(=O)c3ccc(C)cc3)NC2=O)cc1. The van der Waals surface area contributed by atoms with Crippen LogP contribution < -0.4 is 10.1 Å². The quantitative estimate of drug-likeness (QED) is 0.776. The first-order valence-electron chi connectivity index (χ1n) is 8.23. The number of carbonyl (C=O) groups is 1. The molecule has 0 bridgehead atoms. The summed E-state index contributed by atoms with van der Waals surface area (Å²) in [6.45, 7) is 4.35. The third kappa shape index (κ3) is 4.78. The maximum atomic E-state index is 12.4. The molecule has 1 fully saturated rings. The lowest BCUT2D eigenvalue weighted by molar-refractivity contribution is -0.115. The summed E-state index contributed by atoms with van der Waals surface area (Å²) in [5, 5.41) is 2.53. The van der Waals surface area contributed by atoms with Gasteiger partial charge in [0.05, 0.1) is 16.4 Å². The van der Waals surface area contributed by atoms with Crippen LogP contribution in [0.15, 0.2) is 62.7 Å². The smallest absolute Gasteiger partial charge is 0.284 e. The standard InChI is InChI=1S/C19H18N2O4S2/c1-3-25-15-8-6-14(7-9-15)12-17-18(22)20-19(26-17)21-27(23,24)16-10-4-13(2)5-11-16/h4-12H,3H2,1-2H3,(H,20,21,22). The van der Waals surface area contributed by atoms with Gasteiger partial charge >= 0.3 is 0 Å². The maximum absolute atomic E-state index is 12.4. The van der Waals surface area contributed by atoms with E-state index in [0.717, 1.165) is 28.6 Å². The van der Waals surface area contributed by atoms with E-state index in [9.17, 15) is 13.2 Å². The number of hydrogen-bond acceptors (Lipinski definition) is 5. The van der Waals surface area contributed by atoms with Crippen LogP contribution in [0.1, 0.15) is 18.1 Å². The van der Waals surface area contributed by atoms with Gasteiger partial charge in [-0.2, -0.15) is 8.42 Å². The zero-order chi connectivity index (χ0) is 19.4. The topological polar surface area (TPSA) is 84.8 Å². The maximum Gasteiger partial charge on any atom is 0.284 e. The van der Waals surface area contributed by atoms with Crippen LogP contribution in [0.2, 0.25) is 0 Å². The van der Waals surface area contributed by atoms with Gasteiger partial charge in [0.1, 0.15) is 5.75 Å². The second kappa shape index (κ2) is 7.98. The summed E-state index contributed by atoms with van der Waals surface area (Å²) < 4.78 is 33.9. The Morgan fingerprint density at radius 3 is 2.41 bits per heavy atom. The molecule has 1 amide bonds. The molecule has 1 aliphatic heterocycles. The van der Waals surface area contributed by atoms with Crippen molar-refractivity contribution in [3.05, 3.63) is 64.6 Å². The molecule has 2 aromatic carbocycles. The highest BCUT2D eigenvalue weighted by molar-refractivity contribution is 8.19. The summed E-state index contributed by atoms with van der Waals surface area (Å²) >= 11 is 0.993. The number of carbonyl (C=O) groups excluding carboxylic acids is 1. The molecule has 0 unspecified atom stereocenters. The third-order valence-corrected chi connectivity index (χ3v) is 5.98. The van der Waals surface area contributed by atoms with Gasteiger partial charge in [-0.1, -0.05) is 29.8 Å². The van der Waals surface area contributed by atoms with E-state index in [1.807, 2.05) is 38.1 Å². The minimum atomic E-state index is -3.88. The van der Waals surface area contributed by atoms with E-state index in [2.05, 4.69) is 9.71 Å². The Morgan fingerprint density at radius 2 is 1.78 bits per heavy atom. The van der Waals surface area contributed by atoms with E-state index in [1.165, 1.54) is 12.1 Å². The molecule has 0 radical (unpaired) electrons. The number of thioether (sulfide) groups is 1. The van der Waals surface area contributed by atoms with Crippen LogP contribution in [0.25, 0.3) is 6.08 Å². The number of ether oxygens (including phenoxy) is 1. The lowest BCUT2D eigenvalue weighted by Crippen LogP contribution is -2.20. The van der Waals surface area contributed by atoms with Gasteiger partial charge in [0, 0.05) is 0 Å². The van der Waals surface area contributed by atoms with Crippen LogP contribution in [-0.4, -0.2) is 26.1 Å². The van der Waals surface area contributed by atoms with E-state index in [4.69, 9.17) is 4.74 Å². The summed E-state index contributed by atoms with van der Waals surface area (Å²) in [7, 11) is -3.88. The van der Waals surface area contributed by atoms with E-state index < -0.39 is 10.0 Å². The number of nitrogens with zero attached hydrogens (tertiary/aromatic N) is 1. The molecule has 27 heavy (non-hydrogen) atoms. The summed E-state index contributed by atoms with van der Waals surface area (Å²) in [6.07, 6.45) is 1.68. The number of aryl methyl sites for hydroxylation is 1. The summed E-state index contributed by atoms with van der Waals surface area (Å²) in [5.74, 6) is 0.362. The van der Waals surface area contributed by atoms with Crippen molar-refractivity contribution in [2.24, 2.45) is 4.40 Å². The number of sulfonamides is 1. The van der Waals surface area contributed by atoms with Crippen molar-refractivity contribution >= 4 is 38.9 Å². The van der Waals surface area contributed by atoms with Crippen LogP contribution in [0, 0.1) is 6.92 Å². The van der Waals surface area contributed by atoms with Crippen molar-refractivity contribution in [1.29, 1.82) is 0 Å². The van der Waals surface area contributed by atoms with Gasteiger partial charge in [-0.15, -0.1) is 4.40 Å². The van der Waals surface area contributed by atoms with Gasteiger partial charge in [0.2, 0.25) is 0 Å². The molecule has 0 atom stereocenters. The van der Waals surface area contributed by atoms with E-state index in [-0.39, 0.29) is 16.0 Å². The van der Waals surface area contributed by atoms with Crippen molar-refractivity contribution in [2.45, 2.75) is 18.7 Å². The van der Waals surface area contributed by atoms with Gasteiger partial charge in [0.15, 0.2) is 5.17 Å². The molecule has 0 aliphatic carbocycles. The largest absolute Gasteiger partial charge is 0.494 e. The van der Waals surface area contributed by atoms with Gasteiger partial charge in [-0.25, -0.2) is 0 Å². The number of hydrogen-bond donors (Lipinski definition) is 1. The summed E-state index contributed by atoms with van der Waals surface area (Å²) in [4.78, 5) is 12.6. The van der Waals surface area contributed by atoms with E-state index in [0.29, 0.717) is 11.5 Å². The average molecular weight is 402 g/mol. The Hall–Kier alpha value is -2.58. The van der Waals surface area contributed by atoms with Crippen molar-refractivity contribution < 1.29 is 17.9 Å². The zero-order valence-corrected chi connectivity index (χ0v) is 16.4. The van der Waals surface area contributed by atoms with Crippen molar-refractivity contribution in [3.63, 3.8) is 0 Å². The molecule has 3 rings (SSSR count). The van der Waals surface area contributed by atoms with Gasteiger partial charge < -0.3 is 4.74 Å². The normalized spacial score (nSPS) is 17.3. The molecule has 8 heteroatoms. The minimum Gasteiger partial charge on any atom is -0.494 e. The van der Waals surface area contributed by atoms with Crippen molar-refractivity contribution in [3.8, 4) is 5.75 Å². The molecule has 6 nitrogen and oxygen atoms in total. The molecule has 1 saturated heterocycles. The van der Waals surface area contributed by atoms with Crippen LogP contribution in [-0.2, 0) is 14.8 Å². The highest BCUT2D eigenvalue weighted by Gasteiger charge is 2.26.